The zero-order valence-corrected chi connectivity index (χ0v) is 9.56. The Hall–Kier alpha value is -0.590. The molecular weight excluding hydrogens is 226 g/mol. The molecular formula is C7H12ClN3O2S. The van der Waals surface area contributed by atoms with E-state index in [-0.39, 0.29) is 4.90 Å². The highest BCUT2D eigenvalue weighted by Crippen LogP contribution is 2.17. The molecule has 1 rings (SSSR count). The molecule has 0 saturated carbocycles. The van der Waals surface area contributed by atoms with Crippen molar-refractivity contribution < 1.29 is 8.42 Å². The van der Waals surface area contributed by atoms with E-state index in [4.69, 9.17) is 16.7 Å². The SMILES string of the molecule is Cc1nn(CCCl)c(C)c1S(N)(=O)=O. The fraction of sp³-hybridized carbons (Fsp3) is 0.571. The van der Waals surface area contributed by atoms with E-state index in [2.05, 4.69) is 5.10 Å². The molecule has 0 aliphatic heterocycles. The van der Waals surface area contributed by atoms with E-state index in [1.54, 1.807) is 18.5 Å². The lowest BCUT2D eigenvalue weighted by molar-refractivity contribution is 0.595. The first-order chi connectivity index (χ1) is 6.38. The molecule has 0 saturated heterocycles. The fourth-order valence-electron chi connectivity index (χ4n) is 1.39. The van der Waals surface area contributed by atoms with Gasteiger partial charge in [0.15, 0.2) is 0 Å². The van der Waals surface area contributed by atoms with E-state index in [1.165, 1.54) is 0 Å². The van der Waals surface area contributed by atoms with E-state index in [0.29, 0.717) is 23.8 Å². The Morgan fingerprint density at radius 2 is 2.07 bits per heavy atom. The van der Waals surface area contributed by atoms with Gasteiger partial charge in [0, 0.05) is 5.88 Å². The van der Waals surface area contributed by atoms with E-state index >= 15 is 0 Å². The van der Waals surface area contributed by atoms with Gasteiger partial charge in [-0.15, -0.1) is 11.6 Å². The molecule has 1 aromatic rings. The Balaban J connectivity index is 3.32. The lowest BCUT2D eigenvalue weighted by Crippen LogP contribution is -2.14. The number of alkyl halides is 1. The van der Waals surface area contributed by atoms with Gasteiger partial charge in [-0.1, -0.05) is 0 Å². The van der Waals surface area contributed by atoms with Gasteiger partial charge in [-0.25, -0.2) is 13.6 Å². The summed E-state index contributed by atoms with van der Waals surface area (Å²) in [5, 5.41) is 9.09. The Morgan fingerprint density at radius 1 is 1.50 bits per heavy atom. The van der Waals surface area contributed by atoms with Gasteiger partial charge in [0.05, 0.1) is 17.9 Å². The van der Waals surface area contributed by atoms with Gasteiger partial charge in [-0.2, -0.15) is 5.10 Å². The molecule has 0 unspecified atom stereocenters. The molecule has 0 aromatic carbocycles. The lowest BCUT2D eigenvalue weighted by atomic mass is 10.4. The Labute approximate surface area is 87.9 Å². The zero-order valence-electron chi connectivity index (χ0n) is 7.99. The number of sulfonamides is 1. The minimum atomic E-state index is -3.69. The number of hydrogen-bond acceptors (Lipinski definition) is 3. The summed E-state index contributed by atoms with van der Waals surface area (Å²) in [6.45, 7) is 3.74. The number of aryl methyl sites for hydroxylation is 2. The molecule has 2 N–H and O–H groups in total. The van der Waals surface area contributed by atoms with E-state index < -0.39 is 10.0 Å². The summed E-state index contributed by atoms with van der Waals surface area (Å²) < 4.78 is 23.9. The summed E-state index contributed by atoms with van der Waals surface area (Å²) in [7, 11) is -3.69. The van der Waals surface area contributed by atoms with Crippen LogP contribution in [0.1, 0.15) is 11.4 Å². The first-order valence-electron chi connectivity index (χ1n) is 4.00. The first-order valence-corrected chi connectivity index (χ1v) is 6.08. The van der Waals surface area contributed by atoms with Crippen molar-refractivity contribution in [1.82, 2.24) is 9.78 Å². The van der Waals surface area contributed by atoms with Crippen molar-refractivity contribution in [1.29, 1.82) is 0 Å². The van der Waals surface area contributed by atoms with Crippen molar-refractivity contribution in [2.45, 2.75) is 25.3 Å². The smallest absolute Gasteiger partial charge is 0.241 e. The van der Waals surface area contributed by atoms with Gasteiger partial charge in [0.25, 0.3) is 0 Å². The molecule has 0 radical (unpaired) electrons. The van der Waals surface area contributed by atoms with Crippen LogP contribution in [-0.2, 0) is 16.6 Å². The first kappa shape index (κ1) is 11.5. The third kappa shape index (κ3) is 2.08. The summed E-state index contributed by atoms with van der Waals surface area (Å²) in [6.07, 6.45) is 0. The van der Waals surface area contributed by atoms with Crippen molar-refractivity contribution in [2.24, 2.45) is 5.14 Å². The maximum atomic E-state index is 11.2. The number of aromatic nitrogens is 2. The molecule has 0 atom stereocenters. The molecule has 0 aliphatic rings. The van der Waals surface area contributed by atoms with Gasteiger partial charge >= 0.3 is 0 Å². The summed E-state index contributed by atoms with van der Waals surface area (Å²) in [5.74, 6) is 0.381. The van der Waals surface area contributed by atoms with Crippen molar-refractivity contribution in [3.63, 3.8) is 0 Å². The van der Waals surface area contributed by atoms with Crippen LogP contribution in [-0.4, -0.2) is 24.1 Å². The summed E-state index contributed by atoms with van der Waals surface area (Å²) >= 11 is 5.54. The highest BCUT2D eigenvalue weighted by Gasteiger charge is 2.20. The highest BCUT2D eigenvalue weighted by atomic mass is 35.5. The van der Waals surface area contributed by atoms with Crippen molar-refractivity contribution in [3.8, 4) is 0 Å². The van der Waals surface area contributed by atoms with Gasteiger partial charge in [0.2, 0.25) is 10.0 Å². The fourth-order valence-corrected chi connectivity index (χ4v) is 2.52. The zero-order chi connectivity index (χ0) is 10.9. The summed E-state index contributed by atoms with van der Waals surface area (Å²) in [5.41, 5.74) is 0.945. The highest BCUT2D eigenvalue weighted by molar-refractivity contribution is 7.89. The minimum absolute atomic E-state index is 0.0996. The van der Waals surface area contributed by atoms with Crippen molar-refractivity contribution in [2.75, 3.05) is 5.88 Å². The molecule has 0 fully saturated rings. The van der Waals surface area contributed by atoms with Crippen molar-refractivity contribution >= 4 is 21.6 Å². The van der Waals surface area contributed by atoms with Crippen LogP contribution in [0.5, 0.6) is 0 Å². The van der Waals surface area contributed by atoms with Crippen LogP contribution in [0.15, 0.2) is 4.90 Å². The third-order valence-corrected chi connectivity index (χ3v) is 3.22. The average molecular weight is 238 g/mol. The number of halogens is 1. The van der Waals surface area contributed by atoms with Gasteiger partial charge in [-0.3, -0.25) is 4.68 Å². The molecule has 0 bridgehead atoms. The van der Waals surface area contributed by atoms with Crippen LogP contribution < -0.4 is 5.14 Å². The van der Waals surface area contributed by atoms with Gasteiger partial charge in [0.1, 0.15) is 4.90 Å². The lowest BCUT2D eigenvalue weighted by Gasteiger charge is -2.00. The monoisotopic (exact) mass is 237 g/mol. The van der Waals surface area contributed by atoms with Crippen LogP contribution >= 0.6 is 11.6 Å². The molecule has 7 heteroatoms. The molecule has 1 aromatic heterocycles. The van der Waals surface area contributed by atoms with E-state index in [9.17, 15) is 8.42 Å². The minimum Gasteiger partial charge on any atom is -0.267 e. The summed E-state index contributed by atoms with van der Waals surface area (Å²) in [4.78, 5) is 0.0996. The molecule has 80 valence electrons. The van der Waals surface area contributed by atoms with Crippen LogP contribution in [0.4, 0.5) is 0 Å². The van der Waals surface area contributed by atoms with E-state index in [1.807, 2.05) is 0 Å². The number of primary sulfonamides is 1. The average Bonchev–Trinajstić information content (AvgIpc) is 2.26. The molecule has 5 nitrogen and oxygen atoms in total. The Morgan fingerprint density at radius 3 is 2.43 bits per heavy atom. The second-order valence-electron chi connectivity index (χ2n) is 2.96. The second-order valence-corrected chi connectivity index (χ2v) is 4.83. The Kier molecular flexibility index (Phi) is 3.18. The molecule has 14 heavy (non-hydrogen) atoms. The van der Waals surface area contributed by atoms with Crippen LogP contribution in [0.3, 0.4) is 0 Å². The maximum Gasteiger partial charge on any atom is 0.241 e. The standard InChI is InChI=1S/C7H12ClN3O2S/c1-5-7(14(9,12)13)6(2)11(10-5)4-3-8/h3-4H2,1-2H3,(H2,9,12,13). The largest absolute Gasteiger partial charge is 0.267 e. The van der Waals surface area contributed by atoms with Crippen LogP contribution in [0.2, 0.25) is 0 Å². The number of hydrogen-bond donors (Lipinski definition) is 1. The molecule has 0 amide bonds. The molecule has 1 heterocycles. The number of rotatable bonds is 3. The van der Waals surface area contributed by atoms with Crippen molar-refractivity contribution in [3.05, 3.63) is 11.4 Å². The van der Waals surface area contributed by atoms with Crippen LogP contribution in [0.25, 0.3) is 0 Å². The number of nitrogens with two attached hydrogens (primary N) is 1. The molecule has 0 aliphatic carbocycles. The normalized spacial score (nSPS) is 12.0. The maximum absolute atomic E-state index is 11.2. The predicted molar refractivity (Wildman–Crippen MR) is 53.8 cm³/mol. The summed E-state index contributed by atoms with van der Waals surface area (Å²) in [6, 6.07) is 0. The Bertz CT molecular complexity index is 438. The van der Waals surface area contributed by atoms with Gasteiger partial charge < -0.3 is 0 Å². The van der Waals surface area contributed by atoms with E-state index in [0.717, 1.165) is 0 Å². The quantitative estimate of drug-likeness (QED) is 0.773. The van der Waals surface area contributed by atoms with Gasteiger partial charge in [-0.05, 0) is 13.8 Å². The third-order valence-electron chi connectivity index (χ3n) is 1.90. The predicted octanol–water partition coefficient (Wildman–Crippen LogP) is 0.386. The van der Waals surface area contributed by atoms with Crippen LogP contribution in [0, 0.1) is 13.8 Å². The molecule has 0 spiro atoms. The number of nitrogens with zero attached hydrogens (tertiary/aromatic N) is 2. The topological polar surface area (TPSA) is 78.0 Å². The second kappa shape index (κ2) is 3.88.